The molecule has 0 spiro atoms. The molecule has 1 nitrogen and oxygen atoms in total. The lowest BCUT2D eigenvalue weighted by molar-refractivity contribution is 0.660. The molecule has 57 heavy (non-hydrogen) atoms. The van der Waals surface area contributed by atoms with Crippen molar-refractivity contribution in [2.24, 2.45) is 0 Å². The number of hydrogen-bond donors (Lipinski definition) is 0. The van der Waals surface area contributed by atoms with Crippen LogP contribution < -0.4 is 0 Å². The molecule has 288 valence electrons. The maximum atomic E-state index is 7.13. The van der Waals surface area contributed by atoms with Crippen LogP contribution in [0.2, 0.25) is 0 Å². The molecule has 1 heteroatoms. The molecule has 1 aliphatic rings. The van der Waals surface area contributed by atoms with Gasteiger partial charge in [0, 0.05) is 16.2 Å². The number of benzene rings is 7. The summed E-state index contributed by atoms with van der Waals surface area (Å²) in [5.41, 5.74) is 33.1. The molecule has 0 amide bonds. The highest BCUT2D eigenvalue weighted by Crippen LogP contribution is 2.56. The van der Waals surface area contributed by atoms with Gasteiger partial charge in [-0.3, -0.25) is 0 Å². The van der Waals surface area contributed by atoms with Gasteiger partial charge in [-0.15, -0.1) is 0 Å². The first kappa shape index (κ1) is 37.4. The second kappa shape index (κ2) is 12.2. The minimum absolute atomic E-state index is 0.0498. The average Bonchev–Trinajstić information content (AvgIpc) is 3.70. The zero-order chi connectivity index (χ0) is 41.1. The van der Waals surface area contributed by atoms with E-state index in [-0.39, 0.29) is 5.41 Å². The Labute approximate surface area is 340 Å². The first-order chi connectivity index (χ1) is 26.8. The number of aryl methyl sites for hydroxylation is 7. The Hall–Kier alpha value is -5.14. The van der Waals surface area contributed by atoms with Gasteiger partial charge < -0.3 is 4.42 Å². The fourth-order valence-electron chi connectivity index (χ4n) is 11.2. The minimum Gasteiger partial charge on any atom is -0.455 e. The van der Waals surface area contributed by atoms with Gasteiger partial charge in [-0.2, -0.15) is 0 Å². The maximum Gasteiger partial charge on any atom is 0.139 e. The molecule has 0 aliphatic heterocycles. The van der Waals surface area contributed by atoms with Crippen LogP contribution in [0, 0.1) is 104 Å². The van der Waals surface area contributed by atoms with Gasteiger partial charge in [0.1, 0.15) is 11.2 Å². The SMILES string of the molecule is Cc1c(C)c(C)c2c(oc3c(C)c(C)c(C)c(-c4c5c(C)c(C)c(C)c(C)c5c(-c5ccc6c(c5)-c5ccccc5C6(C)C)c5c(C)c(C)c(C)c(C)c45)c32)c1C. The van der Waals surface area contributed by atoms with Crippen molar-refractivity contribution < 1.29 is 4.42 Å². The monoisotopic (exact) mass is 746 g/mol. The normalized spacial score (nSPS) is 13.5. The Morgan fingerprint density at radius 3 is 1.26 bits per heavy atom. The third kappa shape index (κ3) is 4.58. The highest BCUT2D eigenvalue weighted by molar-refractivity contribution is 6.29. The van der Waals surface area contributed by atoms with Crippen molar-refractivity contribution in [2.75, 3.05) is 0 Å². The molecule has 0 atom stereocenters. The van der Waals surface area contributed by atoms with Crippen LogP contribution in [0.5, 0.6) is 0 Å². The first-order valence-corrected chi connectivity index (χ1v) is 21.0. The van der Waals surface area contributed by atoms with Crippen LogP contribution >= 0.6 is 0 Å². The molecular formula is C56H58O. The summed E-state index contributed by atoms with van der Waals surface area (Å²) in [6.07, 6.45) is 0. The van der Waals surface area contributed by atoms with Gasteiger partial charge in [0.15, 0.2) is 0 Å². The summed E-state index contributed by atoms with van der Waals surface area (Å²) in [5.74, 6) is 0. The molecule has 0 bridgehead atoms. The minimum atomic E-state index is -0.0498. The van der Waals surface area contributed by atoms with Crippen molar-refractivity contribution in [3.05, 3.63) is 137 Å². The van der Waals surface area contributed by atoms with E-state index in [2.05, 4.69) is 160 Å². The maximum absolute atomic E-state index is 7.13. The first-order valence-electron chi connectivity index (χ1n) is 21.0. The lowest BCUT2D eigenvalue weighted by Crippen LogP contribution is -2.14. The number of fused-ring (bicyclic) bond motifs is 8. The van der Waals surface area contributed by atoms with Crippen LogP contribution in [0.4, 0.5) is 0 Å². The zero-order valence-corrected chi connectivity index (χ0v) is 37.4. The van der Waals surface area contributed by atoms with E-state index >= 15 is 0 Å². The summed E-state index contributed by atoms with van der Waals surface area (Å²) < 4.78 is 7.13. The smallest absolute Gasteiger partial charge is 0.139 e. The van der Waals surface area contributed by atoms with Crippen molar-refractivity contribution >= 4 is 43.5 Å². The average molecular weight is 747 g/mol. The molecule has 0 saturated heterocycles. The lowest BCUT2D eigenvalue weighted by atomic mass is 9.74. The van der Waals surface area contributed by atoms with E-state index in [0.29, 0.717) is 0 Å². The largest absolute Gasteiger partial charge is 0.455 e. The van der Waals surface area contributed by atoms with Gasteiger partial charge in [0.25, 0.3) is 0 Å². The molecule has 1 aromatic heterocycles. The Balaban J connectivity index is 1.60. The fourth-order valence-corrected chi connectivity index (χ4v) is 11.2. The van der Waals surface area contributed by atoms with Gasteiger partial charge in [0.2, 0.25) is 0 Å². The van der Waals surface area contributed by atoms with E-state index in [1.807, 2.05) is 0 Å². The van der Waals surface area contributed by atoms with Crippen molar-refractivity contribution in [1.82, 2.24) is 0 Å². The molecule has 0 saturated carbocycles. The summed E-state index contributed by atoms with van der Waals surface area (Å²) in [4.78, 5) is 0. The van der Waals surface area contributed by atoms with Crippen LogP contribution in [0.1, 0.15) is 108 Å². The summed E-state index contributed by atoms with van der Waals surface area (Å²) in [5, 5.41) is 8.07. The van der Waals surface area contributed by atoms with Gasteiger partial charge in [-0.05, 0) is 259 Å². The predicted molar refractivity (Wildman–Crippen MR) is 248 cm³/mol. The van der Waals surface area contributed by atoms with Crippen LogP contribution in [-0.2, 0) is 5.41 Å². The number of hydrogen-bond acceptors (Lipinski definition) is 1. The van der Waals surface area contributed by atoms with E-state index < -0.39 is 0 Å². The predicted octanol–water partition coefficient (Wildman–Crippen LogP) is 16.2. The Morgan fingerprint density at radius 2 is 0.737 bits per heavy atom. The third-order valence-corrected chi connectivity index (χ3v) is 15.9. The molecule has 0 radical (unpaired) electrons. The summed E-state index contributed by atoms with van der Waals surface area (Å²) in [7, 11) is 0. The number of furan rings is 1. The highest BCUT2D eigenvalue weighted by Gasteiger charge is 2.36. The molecule has 1 heterocycles. The molecular weight excluding hydrogens is 689 g/mol. The standard InChI is InChI=1S/C56H58O/c1-25-27(3)34(10)47-45(32(25)8)51(40-22-23-44-42(24-40)41-20-18-19-21-43(41)56(44,16)17)46-33(9)26(2)28(4)35(11)48(46)52(47)49-36(12)31(7)39(15)55-53(49)50-37(13)29(5)30(6)38(14)54(50)57-55/h18-24H,1-17H3. The second-order valence-electron chi connectivity index (χ2n) is 18.4. The Bertz CT molecular complexity index is 3090. The highest BCUT2D eigenvalue weighted by atomic mass is 16.3. The van der Waals surface area contributed by atoms with Crippen LogP contribution in [0.25, 0.3) is 76.9 Å². The summed E-state index contributed by atoms with van der Waals surface area (Å²) in [6.45, 7) is 39.7. The van der Waals surface area contributed by atoms with Crippen molar-refractivity contribution in [3.63, 3.8) is 0 Å². The van der Waals surface area contributed by atoms with E-state index in [9.17, 15) is 0 Å². The van der Waals surface area contributed by atoms with Crippen LogP contribution in [0.15, 0.2) is 46.9 Å². The van der Waals surface area contributed by atoms with E-state index in [4.69, 9.17) is 4.42 Å². The third-order valence-electron chi connectivity index (χ3n) is 15.9. The van der Waals surface area contributed by atoms with Crippen molar-refractivity contribution in [1.29, 1.82) is 0 Å². The van der Waals surface area contributed by atoms with Gasteiger partial charge >= 0.3 is 0 Å². The topological polar surface area (TPSA) is 13.1 Å². The number of rotatable bonds is 2. The lowest BCUT2D eigenvalue weighted by Gasteiger charge is -2.28. The van der Waals surface area contributed by atoms with Gasteiger partial charge in [-0.25, -0.2) is 0 Å². The second-order valence-corrected chi connectivity index (χ2v) is 18.4. The molecule has 0 unspecified atom stereocenters. The molecule has 0 N–H and O–H groups in total. The Kier molecular flexibility index (Phi) is 8.00. The van der Waals surface area contributed by atoms with Crippen LogP contribution in [-0.4, -0.2) is 0 Å². The van der Waals surface area contributed by atoms with Crippen LogP contribution in [0.3, 0.4) is 0 Å². The Morgan fingerprint density at radius 1 is 0.333 bits per heavy atom. The van der Waals surface area contributed by atoms with Crippen molar-refractivity contribution in [2.45, 2.75) is 123 Å². The molecule has 0 fully saturated rings. The van der Waals surface area contributed by atoms with E-state index in [1.54, 1.807) is 0 Å². The van der Waals surface area contributed by atoms with Gasteiger partial charge in [-0.1, -0.05) is 50.2 Å². The van der Waals surface area contributed by atoms with Gasteiger partial charge in [0.05, 0.1) is 0 Å². The molecule has 1 aliphatic carbocycles. The fraction of sp³-hybridized carbons (Fsp3) is 0.321. The molecule has 9 rings (SSSR count). The molecule has 8 aromatic rings. The van der Waals surface area contributed by atoms with E-state index in [1.165, 1.54) is 160 Å². The van der Waals surface area contributed by atoms with Crippen molar-refractivity contribution in [3.8, 4) is 33.4 Å². The zero-order valence-electron chi connectivity index (χ0n) is 37.4. The van der Waals surface area contributed by atoms with E-state index in [0.717, 1.165) is 11.2 Å². The quantitative estimate of drug-likeness (QED) is 0.161. The summed E-state index contributed by atoms with van der Waals surface area (Å²) in [6, 6.07) is 16.5. The summed E-state index contributed by atoms with van der Waals surface area (Å²) >= 11 is 0. The molecule has 7 aromatic carbocycles.